The summed E-state index contributed by atoms with van der Waals surface area (Å²) < 4.78 is 0.987. The molecule has 4 heteroatoms. The van der Waals surface area contributed by atoms with Crippen molar-refractivity contribution >= 4 is 39.3 Å². The minimum Gasteiger partial charge on any atom is -0.389 e. The number of aliphatic hydroxyl groups is 1. The maximum atomic E-state index is 9.78. The lowest BCUT2D eigenvalue weighted by Gasteiger charge is -2.12. The van der Waals surface area contributed by atoms with E-state index in [0.29, 0.717) is 0 Å². The van der Waals surface area contributed by atoms with Crippen LogP contribution in [0.3, 0.4) is 0 Å². The summed E-state index contributed by atoms with van der Waals surface area (Å²) in [4.78, 5) is 1.99. The number of halogens is 2. The van der Waals surface area contributed by atoms with Crippen LogP contribution in [0.2, 0.25) is 5.02 Å². The summed E-state index contributed by atoms with van der Waals surface area (Å²) in [7, 11) is 0. The quantitative estimate of drug-likeness (QED) is 0.815. The first-order valence-electron chi connectivity index (χ1n) is 5.48. The van der Waals surface area contributed by atoms with E-state index in [0.717, 1.165) is 24.8 Å². The van der Waals surface area contributed by atoms with Crippen LogP contribution in [0.25, 0.3) is 0 Å². The molecule has 2 rings (SSSR count). The molecular weight excluding hydrogens is 332 g/mol. The second kappa shape index (κ2) is 6.11. The first kappa shape index (κ1) is 13.9. The molecule has 0 heterocycles. The fraction of sp³-hybridized carbons (Fsp3) is 0.143. The Balaban J connectivity index is 2.39. The molecule has 0 saturated carbocycles. The van der Waals surface area contributed by atoms with Crippen molar-refractivity contribution in [3.63, 3.8) is 0 Å². The Morgan fingerprint density at radius 2 is 1.89 bits per heavy atom. The Labute approximate surface area is 124 Å². The Hall–Kier alpha value is -0.480. The van der Waals surface area contributed by atoms with E-state index in [1.807, 2.05) is 42.5 Å². The number of hydrogen-bond acceptors (Lipinski definition) is 2. The molecule has 0 aliphatic heterocycles. The van der Waals surface area contributed by atoms with Crippen LogP contribution in [0.5, 0.6) is 0 Å². The van der Waals surface area contributed by atoms with E-state index in [4.69, 9.17) is 11.6 Å². The third kappa shape index (κ3) is 3.29. The maximum Gasteiger partial charge on any atom is 0.0772 e. The van der Waals surface area contributed by atoms with Crippen molar-refractivity contribution < 1.29 is 5.11 Å². The summed E-state index contributed by atoms with van der Waals surface area (Å²) in [6, 6.07) is 13.5. The van der Waals surface area contributed by atoms with Crippen molar-refractivity contribution in [3.05, 3.63) is 57.5 Å². The highest BCUT2D eigenvalue weighted by molar-refractivity contribution is 9.10. The lowest BCUT2D eigenvalue weighted by atomic mass is 10.1. The zero-order chi connectivity index (χ0) is 13.1. The van der Waals surface area contributed by atoms with Crippen LogP contribution in [-0.4, -0.2) is 5.11 Å². The SMILES string of the molecule is CC(O)c1ccc(Br)cc1Sc1ccccc1Cl. The highest BCUT2D eigenvalue weighted by atomic mass is 79.9. The van der Waals surface area contributed by atoms with Gasteiger partial charge in [0.25, 0.3) is 0 Å². The van der Waals surface area contributed by atoms with Gasteiger partial charge in [-0.3, -0.25) is 0 Å². The number of aliphatic hydroxyl groups excluding tert-OH is 1. The van der Waals surface area contributed by atoms with Crippen LogP contribution in [0.1, 0.15) is 18.6 Å². The molecule has 0 aromatic heterocycles. The van der Waals surface area contributed by atoms with Crippen LogP contribution in [0.15, 0.2) is 56.7 Å². The number of hydrogen-bond donors (Lipinski definition) is 1. The van der Waals surface area contributed by atoms with Crippen LogP contribution >= 0.6 is 39.3 Å². The molecule has 1 unspecified atom stereocenters. The molecule has 0 spiro atoms. The summed E-state index contributed by atoms with van der Waals surface area (Å²) in [5, 5.41) is 10.5. The van der Waals surface area contributed by atoms with E-state index in [-0.39, 0.29) is 0 Å². The molecule has 1 N–H and O–H groups in total. The molecule has 2 aromatic carbocycles. The van der Waals surface area contributed by atoms with Gasteiger partial charge in [-0.1, -0.05) is 57.5 Å². The van der Waals surface area contributed by atoms with E-state index >= 15 is 0 Å². The van der Waals surface area contributed by atoms with Gasteiger partial charge in [0.15, 0.2) is 0 Å². The summed E-state index contributed by atoms with van der Waals surface area (Å²) in [6.07, 6.45) is -0.497. The van der Waals surface area contributed by atoms with Crippen LogP contribution in [-0.2, 0) is 0 Å². The Morgan fingerprint density at radius 1 is 1.17 bits per heavy atom. The molecule has 0 amide bonds. The molecule has 0 bridgehead atoms. The average Bonchev–Trinajstić information content (AvgIpc) is 2.32. The number of rotatable bonds is 3. The summed E-state index contributed by atoms with van der Waals surface area (Å²) in [5.74, 6) is 0. The zero-order valence-electron chi connectivity index (χ0n) is 9.73. The molecule has 0 radical (unpaired) electrons. The predicted octanol–water partition coefficient (Wildman–Crippen LogP) is 5.31. The maximum absolute atomic E-state index is 9.78. The molecule has 0 aliphatic carbocycles. The van der Waals surface area contributed by atoms with Gasteiger partial charge in [-0.15, -0.1) is 0 Å². The topological polar surface area (TPSA) is 20.2 Å². The highest BCUT2D eigenvalue weighted by Gasteiger charge is 2.11. The fourth-order valence-corrected chi connectivity index (χ4v) is 3.44. The van der Waals surface area contributed by atoms with Gasteiger partial charge in [0.2, 0.25) is 0 Å². The predicted molar refractivity (Wildman–Crippen MR) is 80.4 cm³/mol. The minimum absolute atomic E-state index is 0.497. The third-order valence-corrected chi connectivity index (χ3v) is 4.57. The molecule has 0 fully saturated rings. The average molecular weight is 344 g/mol. The van der Waals surface area contributed by atoms with Gasteiger partial charge in [-0.05, 0) is 36.8 Å². The lowest BCUT2D eigenvalue weighted by molar-refractivity contribution is 0.196. The van der Waals surface area contributed by atoms with Gasteiger partial charge >= 0.3 is 0 Å². The van der Waals surface area contributed by atoms with Gasteiger partial charge in [-0.25, -0.2) is 0 Å². The lowest BCUT2D eigenvalue weighted by Crippen LogP contribution is -1.93. The van der Waals surface area contributed by atoms with Crippen LogP contribution < -0.4 is 0 Å². The minimum atomic E-state index is -0.497. The van der Waals surface area contributed by atoms with Gasteiger partial charge in [-0.2, -0.15) is 0 Å². The molecule has 2 aromatic rings. The van der Waals surface area contributed by atoms with E-state index < -0.39 is 6.10 Å². The van der Waals surface area contributed by atoms with E-state index in [9.17, 15) is 5.11 Å². The Bertz CT molecular complexity index is 557. The molecule has 18 heavy (non-hydrogen) atoms. The molecule has 0 saturated heterocycles. The van der Waals surface area contributed by atoms with Crippen molar-refractivity contribution in [1.29, 1.82) is 0 Å². The standard InChI is InChI=1S/C14H12BrClOS/c1-9(17)11-7-6-10(15)8-14(11)18-13-5-3-2-4-12(13)16/h2-9,17H,1H3. The van der Waals surface area contributed by atoms with Gasteiger partial charge in [0, 0.05) is 14.3 Å². The first-order chi connectivity index (χ1) is 8.58. The van der Waals surface area contributed by atoms with E-state index in [2.05, 4.69) is 15.9 Å². The van der Waals surface area contributed by atoms with Crippen molar-refractivity contribution in [2.75, 3.05) is 0 Å². The highest BCUT2D eigenvalue weighted by Crippen LogP contribution is 2.38. The number of benzene rings is 2. The van der Waals surface area contributed by atoms with Gasteiger partial charge in [0.05, 0.1) is 11.1 Å². The van der Waals surface area contributed by atoms with Gasteiger partial charge < -0.3 is 5.11 Å². The van der Waals surface area contributed by atoms with E-state index in [1.165, 1.54) is 0 Å². The molecule has 0 aliphatic rings. The summed E-state index contributed by atoms with van der Waals surface area (Å²) >= 11 is 11.2. The smallest absolute Gasteiger partial charge is 0.0772 e. The van der Waals surface area contributed by atoms with Crippen LogP contribution in [0, 0.1) is 0 Å². The molecule has 1 atom stereocenters. The molecule has 94 valence electrons. The second-order valence-corrected chi connectivity index (χ2v) is 6.30. The normalized spacial score (nSPS) is 12.4. The second-order valence-electron chi connectivity index (χ2n) is 3.89. The molecular formula is C14H12BrClOS. The van der Waals surface area contributed by atoms with Crippen molar-refractivity contribution in [1.82, 2.24) is 0 Å². The van der Waals surface area contributed by atoms with Crippen molar-refractivity contribution in [2.45, 2.75) is 22.8 Å². The largest absolute Gasteiger partial charge is 0.389 e. The van der Waals surface area contributed by atoms with Crippen molar-refractivity contribution in [3.8, 4) is 0 Å². The summed E-state index contributed by atoms with van der Waals surface area (Å²) in [5.41, 5.74) is 0.906. The molecule has 1 nitrogen and oxygen atoms in total. The monoisotopic (exact) mass is 342 g/mol. The Kier molecular flexibility index (Phi) is 4.73. The zero-order valence-corrected chi connectivity index (χ0v) is 12.9. The summed E-state index contributed by atoms with van der Waals surface area (Å²) in [6.45, 7) is 1.76. The van der Waals surface area contributed by atoms with Crippen molar-refractivity contribution in [2.24, 2.45) is 0 Å². The van der Waals surface area contributed by atoms with Gasteiger partial charge in [0.1, 0.15) is 0 Å². The van der Waals surface area contributed by atoms with Crippen LogP contribution in [0.4, 0.5) is 0 Å². The van der Waals surface area contributed by atoms with E-state index in [1.54, 1.807) is 18.7 Å². The fourth-order valence-electron chi connectivity index (χ4n) is 1.59. The third-order valence-electron chi connectivity index (χ3n) is 2.48. The Morgan fingerprint density at radius 3 is 2.56 bits per heavy atom. The first-order valence-corrected chi connectivity index (χ1v) is 7.46.